The van der Waals surface area contributed by atoms with Gasteiger partial charge < -0.3 is 15.1 Å². The van der Waals surface area contributed by atoms with Gasteiger partial charge in [0.25, 0.3) is 0 Å². The summed E-state index contributed by atoms with van der Waals surface area (Å²) in [5.74, 6) is -0.249. The van der Waals surface area contributed by atoms with Crippen LogP contribution in [0.3, 0.4) is 0 Å². The number of halogens is 1. The van der Waals surface area contributed by atoms with E-state index in [9.17, 15) is 9.50 Å². The normalized spacial score (nSPS) is 13.0. The summed E-state index contributed by atoms with van der Waals surface area (Å²) in [5, 5.41) is 18.9. The average Bonchev–Trinajstić information content (AvgIpc) is 2.37. The molecule has 0 amide bonds. The molecule has 2 N–H and O–H groups in total. The van der Waals surface area contributed by atoms with Gasteiger partial charge in [-0.3, -0.25) is 0 Å². The molecule has 1 aromatic carbocycles. The van der Waals surface area contributed by atoms with Crippen LogP contribution in [0.1, 0.15) is 30.6 Å². The number of aliphatic hydroxyl groups is 2. The van der Waals surface area contributed by atoms with Crippen LogP contribution in [0.2, 0.25) is 0 Å². The lowest BCUT2D eigenvalue weighted by atomic mass is 10.0. The second-order valence-electron chi connectivity index (χ2n) is 4.47. The molecule has 102 valence electrons. The van der Waals surface area contributed by atoms with Crippen molar-refractivity contribution in [2.45, 2.75) is 26.4 Å². The van der Waals surface area contributed by atoms with Crippen LogP contribution in [0.25, 0.3) is 0 Å². The van der Waals surface area contributed by atoms with Crippen LogP contribution in [-0.2, 0) is 0 Å². The van der Waals surface area contributed by atoms with Crippen molar-refractivity contribution in [1.29, 1.82) is 0 Å². The Morgan fingerprint density at radius 1 is 1.33 bits per heavy atom. The zero-order valence-electron chi connectivity index (χ0n) is 11.1. The standard InChI is InChI=1S/C14H22FNO2/c1-3-16(8-9-17)7-6-14(18)12-4-5-13(15)11(2)10-12/h4-5,10,14,17-18H,3,6-9H2,1-2H3. The third-order valence-corrected chi connectivity index (χ3v) is 3.15. The van der Waals surface area contributed by atoms with Crippen molar-refractivity contribution in [3.05, 3.63) is 35.1 Å². The van der Waals surface area contributed by atoms with Gasteiger partial charge in [-0.05, 0) is 37.1 Å². The number of hydrogen-bond acceptors (Lipinski definition) is 3. The third kappa shape index (κ3) is 4.37. The van der Waals surface area contributed by atoms with Crippen LogP contribution in [0.4, 0.5) is 4.39 Å². The van der Waals surface area contributed by atoms with Gasteiger partial charge in [0.1, 0.15) is 5.82 Å². The first-order chi connectivity index (χ1) is 8.58. The molecule has 1 aromatic rings. The molecule has 18 heavy (non-hydrogen) atoms. The van der Waals surface area contributed by atoms with Gasteiger partial charge in [0.05, 0.1) is 12.7 Å². The van der Waals surface area contributed by atoms with E-state index in [4.69, 9.17) is 5.11 Å². The first-order valence-electron chi connectivity index (χ1n) is 6.35. The Kier molecular flexibility index (Phi) is 6.25. The Morgan fingerprint density at radius 2 is 2.06 bits per heavy atom. The van der Waals surface area contributed by atoms with Crippen LogP contribution >= 0.6 is 0 Å². The molecule has 0 aliphatic heterocycles. The van der Waals surface area contributed by atoms with Gasteiger partial charge in [0.15, 0.2) is 0 Å². The predicted octanol–water partition coefficient (Wildman–Crippen LogP) is 1.87. The number of likely N-dealkylation sites (N-methyl/N-ethyl adjacent to an activating group) is 1. The summed E-state index contributed by atoms with van der Waals surface area (Å²) in [7, 11) is 0. The molecule has 1 unspecified atom stereocenters. The predicted molar refractivity (Wildman–Crippen MR) is 69.9 cm³/mol. The minimum atomic E-state index is -0.586. The van der Waals surface area contributed by atoms with Crippen molar-refractivity contribution in [3.63, 3.8) is 0 Å². The van der Waals surface area contributed by atoms with Gasteiger partial charge in [-0.25, -0.2) is 4.39 Å². The van der Waals surface area contributed by atoms with Gasteiger partial charge in [-0.1, -0.05) is 19.1 Å². The highest BCUT2D eigenvalue weighted by molar-refractivity contribution is 5.25. The fourth-order valence-electron chi connectivity index (χ4n) is 1.92. The van der Waals surface area contributed by atoms with Crippen molar-refractivity contribution >= 4 is 0 Å². The maximum atomic E-state index is 13.1. The van der Waals surface area contributed by atoms with Crippen LogP contribution in [0.15, 0.2) is 18.2 Å². The Bertz CT molecular complexity index is 371. The molecule has 4 heteroatoms. The summed E-state index contributed by atoms with van der Waals surface area (Å²) in [4.78, 5) is 2.07. The molecule has 0 bridgehead atoms. The van der Waals surface area contributed by atoms with E-state index in [1.54, 1.807) is 19.1 Å². The molecule has 0 aliphatic carbocycles. The number of aliphatic hydroxyl groups excluding tert-OH is 2. The Balaban J connectivity index is 2.53. The molecule has 0 spiro atoms. The van der Waals surface area contributed by atoms with Crippen molar-refractivity contribution in [2.24, 2.45) is 0 Å². The Hall–Kier alpha value is -0.970. The van der Waals surface area contributed by atoms with Gasteiger partial charge in [-0.15, -0.1) is 0 Å². The second-order valence-corrected chi connectivity index (χ2v) is 4.47. The van der Waals surface area contributed by atoms with E-state index in [0.29, 0.717) is 25.1 Å². The maximum absolute atomic E-state index is 13.1. The Morgan fingerprint density at radius 3 is 2.61 bits per heavy atom. The molecular weight excluding hydrogens is 233 g/mol. The van der Waals surface area contributed by atoms with Crippen LogP contribution in [-0.4, -0.2) is 41.4 Å². The lowest BCUT2D eigenvalue weighted by Gasteiger charge is -2.21. The summed E-state index contributed by atoms with van der Waals surface area (Å²) < 4.78 is 13.1. The van der Waals surface area contributed by atoms with E-state index in [1.165, 1.54) is 6.07 Å². The maximum Gasteiger partial charge on any atom is 0.126 e. The zero-order valence-corrected chi connectivity index (χ0v) is 11.1. The largest absolute Gasteiger partial charge is 0.395 e. The number of rotatable bonds is 7. The molecule has 0 fully saturated rings. The fraction of sp³-hybridized carbons (Fsp3) is 0.571. The highest BCUT2D eigenvalue weighted by Crippen LogP contribution is 2.19. The smallest absolute Gasteiger partial charge is 0.126 e. The van der Waals surface area contributed by atoms with Crippen molar-refractivity contribution in [1.82, 2.24) is 4.90 Å². The van der Waals surface area contributed by atoms with Crippen LogP contribution in [0.5, 0.6) is 0 Å². The summed E-state index contributed by atoms with van der Waals surface area (Å²) >= 11 is 0. The minimum absolute atomic E-state index is 0.125. The lowest BCUT2D eigenvalue weighted by molar-refractivity contribution is 0.133. The lowest BCUT2D eigenvalue weighted by Crippen LogP contribution is -2.28. The fourth-order valence-corrected chi connectivity index (χ4v) is 1.92. The molecule has 0 saturated heterocycles. The van der Waals surface area contributed by atoms with Gasteiger partial charge >= 0.3 is 0 Å². The molecule has 1 rings (SSSR count). The van der Waals surface area contributed by atoms with Gasteiger partial charge in [-0.2, -0.15) is 0 Å². The second kappa shape index (κ2) is 7.46. The van der Waals surface area contributed by atoms with Crippen molar-refractivity contribution < 1.29 is 14.6 Å². The molecule has 0 saturated carbocycles. The average molecular weight is 255 g/mol. The van der Waals surface area contributed by atoms with Crippen LogP contribution < -0.4 is 0 Å². The topological polar surface area (TPSA) is 43.7 Å². The van der Waals surface area contributed by atoms with Gasteiger partial charge in [0.2, 0.25) is 0 Å². The molecule has 0 heterocycles. The third-order valence-electron chi connectivity index (χ3n) is 3.15. The van der Waals surface area contributed by atoms with E-state index in [-0.39, 0.29) is 12.4 Å². The Labute approximate surface area is 108 Å². The number of benzene rings is 1. The number of hydrogen-bond donors (Lipinski definition) is 2. The molecule has 0 aliphatic rings. The number of nitrogens with zero attached hydrogens (tertiary/aromatic N) is 1. The van der Waals surface area contributed by atoms with E-state index in [2.05, 4.69) is 4.90 Å². The van der Waals surface area contributed by atoms with E-state index >= 15 is 0 Å². The van der Waals surface area contributed by atoms with Gasteiger partial charge in [0, 0.05) is 13.1 Å². The monoisotopic (exact) mass is 255 g/mol. The molecular formula is C14H22FNO2. The van der Waals surface area contributed by atoms with E-state index in [0.717, 1.165) is 12.1 Å². The van der Waals surface area contributed by atoms with Crippen molar-refractivity contribution in [2.75, 3.05) is 26.2 Å². The summed E-state index contributed by atoms with van der Waals surface area (Å²) in [6, 6.07) is 4.69. The first kappa shape index (κ1) is 15.1. The molecule has 3 nitrogen and oxygen atoms in total. The highest BCUT2D eigenvalue weighted by Gasteiger charge is 2.11. The molecule has 0 radical (unpaired) electrons. The summed E-state index contributed by atoms with van der Waals surface area (Å²) in [6.07, 6.45) is -0.00382. The molecule has 0 aromatic heterocycles. The highest BCUT2D eigenvalue weighted by atomic mass is 19.1. The first-order valence-corrected chi connectivity index (χ1v) is 6.35. The zero-order chi connectivity index (χ0) is 13.5. The van der Waals surface area contributed by atoms with E-state index < -0.39 is 6.10 Å². The minimum Gasteiger partial charge on any atom is -0.395 e. The molecule has 1 atom stereocenters. The summed E-state index contributed by atoms with van der Waals surface area (Å²) in [6.45, 7) is 6.01. The quantitative estimate of drug-likeness (QED) is 0.781. The van der Waals surface area contributed by atoms with Crippen LogP contribution in [0, 0.1) is 12.7 Å². The summed E-state index contributed by atoms with van der Waals surface area (Å²) in [5.41, 5.74) is 1.29. The SMILES string of the molecule is CCN(CCO)CCC(O)c1ccc(F)c(C)c1. The van der Waals surface area contributed by atoms with E-state index in [1.807, 2.05) is 6.92 Å². The van der Waals surface area contributed by atoms with Crippen molar-refractivity contribution in [3.8, 4) is 0 Å². The number of aryl methyl sites for hydroxylation is 1.